The number of hydrogen-bond acceptors (Lipinski definition) is 2. The fourth-order valence-corrected chi connectivity index (χ4v) is 2.35. The van der Waals surface area contributed by atoms with Gasteiger partial charge in [-0.2, -0.15) is 0 Å². The van der Waals surface area contributed by atoms with Gasteiger partial charge in [0.15, 0.2) is 0 Å². The average Bonchev–Trinajstić information content (AvgIpc) is 2.47. The van der Waals surface area contributed by atoms with Crippen molar-refractivity contribution in [1.29, 1.82) is 0 Å². The van der Waals surface area contributed by atoms with E-state index in [9.17, 15) is 15.0 Å². The second-order valence-corrected chi connectivity index (χ2v) is 4.57. The molecule has 3 nitrogen and oxygen atoms in total. The molecule has 0 spiro atoms. The van der Waals surface area contributed by atoms with Crippen LogP contribution >= 0.6 is 0 Å². The molecule has 0 aliphatic heterocycles. The van der Waals surface area contributed by atoms with Crippen molar-refractivity contribution in [2.75, 3.05) is 0 Å². The molecular weight excluding hydrogens is 252 g/mol. The van der Waals surface area contributed by atoms with Crippen LogP contribution in [0.5, 0.6) is 5.75 Å². The summed E-state index contributed by atoms with van der Waals surface area (Å²) in [5, 5.41) is 20.2. The number of fused-ring (bicyclic) bond motifs is 1. The predicted molar refractivity (Wildman–Crippen MR) is 78.0 cm³/mol. The molecule has 0 amide bonds. The van der Waals surface area contributed by atoms with E-state index in [2.05, 4.69) is 0 Å². The van der Waals surface area contributed by atoms with Crippen molar-refractivity contribution in [2.45, 2.75) is 0 Å². The first kappa shape index (κ1) is 12.2. The van der Waals surface area contributed by atoms with Gasteiger partial charge in [-0.05, 0) is 34.0 Å². The maximum absolute atomic E-state index is 11.2. The van der Waals surface area contributed by atoms with Gasteiger partial charge in [-0.25, -0.2) is 4.79 Å². The summed E-state index contributed by atoms with van der Waals surface area (Å²) in [6.07, 6.45) is 0. The van der Waals surface area contributed by atoms with Gasteiger partial charge in [0.25, 0.3) is 0 Å². The third kappa shape index (κ3) is 1.99. The molecule has 0 fully saturated rings. The number of carbonyl (C=O) groups is 1. The minimum Gasteiger partial charge on any atom is -0.507 e. The summed E-state index contributed by atoms with van der Waals surface area (Å²) in [6.45, 7) is 0. The standard InChI is InChI=1S/C17H12O3/c18-15-9-7-13-10-12(11-4-2-1-3-5-11)6-8-14(13)16(15)17(19)20/h1-10,18H,(H,19,20). The molecule has 0 aliphatic carbocycles. The van der Waals surface area contributed by atoms with E-state index < -0.39 is 5.97 Å². The van der Waals surface area contributed by atoms with Gasteiger partial charge >= 0.3 is 5.97 Å². The first-order chi connectivity index (χ1) is 9.66. The van der Waals surface area contributed by atoms with Crippen LogP contribution in [-0.2, 0) is 0 Å². The van der Waals surface area contributed by atoms with Gasteiger partial charge in [-0.3, -0.25) is 0 Å². The van der Waals surface area contributed by atoms with Gasteiger partial charge in [-0.1, -0.05) is 48.5 Å². The molecular formula is C17H12O3. The molecule has 0 heterocycles. The molecule has 20 heavy (non-hydrogen) atoms. The summed E-state index contributed by atoms with van der Waals surface area (Å²) in [5.41, 5.74) is 2.03. The number of phenols is 1. The maximum Gasteiger partial charge on any atom is 0.340 e. The number of aromatic carboxylic acids is 1. The van der Waals surface area contributed by atoms with Crippen LogP contribution in [0.25, 0.3) is 21.9 Å². The Morgan fingerprint density at radius 3 is 2.30 bits per heavy atom. The van der Waals surface area contributed by atoms with Gasteiger partial charge < -0.3 is 10.2 Å². The maximum atomic E-state index is 11.2. The summed E-state index contributed by atoms with van der Waals surface area (Å²) >= 11 is 0. The van der Waals surface area contributed by atoms with Crippen LogP contribution in [-0.4, -0.2) is 16.2 Å². The van der Waals surface area contributed by atoms with Gasteiger partial charge in [-0.15, -0.1) is 0 Å². The van der Waals surface area contributed by atoms with Crippen LogP contribution in [0.4, 0.5) is 0 Å². The lowest BCUT2D eigenvalue weighted by Crippen LogP contribution is -1.98. The van der Waals surface area contributed by atoms with Gasteiger partial charge in [0.1, 0.15) is 11.3 Å². The zero-order chi connectivity index (χ0) is 14.1. The van der Waals surface area contributed by atoms with Crippen LogP contribution in [0.2, 0.25) is 0 Å². The van der Waals surface area contributed by atoms with Crippen molar-refractivity contribution in [2.24, 2.45) is 0 Å². The Hall–Kier alpha value is -2.81. The Labute approximate surface area is 115 Å². The molecule has 0 unspecified atom stereocenters. The van der Waals surface area contributed by atoms with E-state index in [1.54, 1.807) is 12.1 Å². The minimum atomic E-state index is -1.12. The molecule has 98 valence electrons. The lowest BCUT2D eigenvalue weighted by molar-refractivity contribution is 0.0696. The first-order valence-corrected chi connectivity index (χ1v) is 6.21. The number of carboxylic acids is 1. The third-order valence-corrected chi connectivity index (χ3v) is 3.32. The Morgan fingerprint density at radius 1 is 0.850 bits per heavy atom. The molecule has 0 saturated carbocycles. The highest BCUT2D eigenvalue weighted by atomic mass is 16.4. The van der Waals surface area contributed by atoms with E-state index in [0.717, 1.165) is 16.5 Å². The van der Waals surface area contributed by atoms with Crippen molar-refractivity contribution in [3.05, 3.63) is 66.2 Å². The van der Waals surface area contributed by atoms with E-state index in [0.29, 0.717) is 5.39 Å². The molecule has 3 aromatic rings. The zero-order valence-electron chi connectivity index (χ0n) is 10.6. The van der Waals surface area contributed by atoms with Gasteiger partial charge in [0.05, 0.1) is 0 Å². The normalized spacial score (nSPS) is 10.6. The molecule has 0 saturated heterocycles. The topological polar surface area (TPSA) is 57.5 Å². The summed E-state index contributed by atoms with van der Waals surface area (Å²) < 4.78 is 0. The number of carboxylic acid groups (broad SMARTS) is 1. The zero-order valence-corrected chi connectivity index (χ0v) is 10.6. The number of hydrogen-bond donors (Lipinski definition) is 2. The van der Waals surface area contributed by atoms with Crippen LogP contribution in [0.3, 0.4) is 0 Å². The molecule has 2 N–H and O–H groups in total. The molecule has 3 heteroatoms. The quantitative estimate of drug-likeness (QED) is 0.737. The Kier molecular flexibility index (Phi) is 2.88. The van der Waals surface area contributed by atoms with Crippen molar-refractivity contribution in [3.63, 3.8) is 0 Å². The van der Waals surface area contributed by atoms with Crippen molar-refractivity contribution < 1.29 is 15.0 Å². The highest BCUT2D eigenvalue weighted by Gasteiger charge is 2.14. The van der Waals surface area contributed by atoms with Crippen LogP contribution in [0.15, 0.2) is 60.7 Å². The number of rotatable bonds is 2. The average molecular weight is 264 g/mol. The Morgan fingerprint density at radius 2 is 1.60 bits per heavy atom. The molecule has 0 aliphatic rings. The van der Waals surface area contributed by atoms with E-state index in [1.807, 2.05) is 42.5 Å². The highest BCUT2D eigenvalue weighted by Crippen LogP contribution is 2.30. The third-order valence-electron chi connectivity index (χ3n) is 3.32. The minimum absolute atomic E-state index is 0.0536. The second-order valence-electron chi connectivity index (χ2n) is 4.57. The number of benzene rings is 3. The van der Waals surface area contributed by atoms with Crippen LogP contribution in [0, 0.1) is 0 Å². The largest absolute Gasteiger partial charge is 0.507 e. The first-order valence-electron chi connectivity index (χ1n) is 6.21. The van der Waals surface area contributed by atoms with E-state index >= 15 is 0 Å². The molecule has 0 bridgehead atoms. The summed E-state index contributed by atoms with van der Waals surface area (Å²) in [7, 11) is 0. The predicted octanol–water partition coefficient (Wildman–Crippen LogP) is 3.91. The summed E-state index contributed by atoms with van der Waals surface area (Å²) in [5.74, 6) is -1.34. The van der Waals surface area contributed by atoms with Crippen molar-refractivity contribution in [1.82, 2.24) is 0 Å². The van der Waals surface area contributed by atoms with E-state index in [4.69, 9.17) is 0 Å². The van der Waals surface area contributed by atoms with Crippen LogP contribution in [0.1, 0.15) is 10.4 Å². The second kappa shape index (κ2) is 4.70. The van der Waals surface area contributed by atoms with Crippen molar-refractivity contribution >= 4 is 16.7 Å². The molecule has 0 radical (unpaired) electrons. The summed E-state index contributed by atoms with van der Waals surface area (Å²) in [6, 6.07) is 18.5. The van der Waals surface area contributed by atoms with Gasteiger partial charge in [0.2, 0.25) is 0 Å². The fraction of sp³-hybridized carbons (Fsp3) is 0. The monoisotopic (exact) mass is 264 g/mol. The molecule has 3 aromatic carbocycles. The Bertz CT molecular complexity index is 792. The lowest BCUT2D eigenvalue weighted by Gasteiger charge is -2.08. The molecule has 0 atom stereocenters. The number of aromatic hydroxyl groups is 1. The van der Waals surface area contributed by atoms with Crippen LogP contribution < -0.4 is 0 Å². The summed E-state index contributed by atoms with van der Waals surface area (Å²) in [4.78, 5) is 11.2. The van der Waals surface area contributed by atoms with E-state index in [-0.39, 0.29) is 11.3 Å². The lowest BCUT2D eigenvalue weighted by atomic mass is 9.98. The Balaban J connectivity index is 2.24. The smallest absolute Gasteiger partial charge is 0.340 e. The molecule has 0 aromatic heterocycles. The van der Waals surface area contributed by atoms with E-state index in [1.165, 1.54) is 6.07 Å². The highest BCUT2D eigenvalue weighted by molar-refractivity contribution is 6.06. The van der Waals surface area contributed by atoms with Crippen molar-refractivity contribution in [3.8, 4) is 16.9 Å². The van der Waals surface area contributed by atoms with Gasteiger partial charge in [0, 0.05) is 0 Å². The SMILES string of the molecule is O=C(O)c1c(O)ccc2cc(-c3ccccc3)ccc12. The fourth-order valence-electron chi connectivity index (χ4n) is 2.35. The molecule has 3 rings (SSSR count).